The Balaban J connectivity index is 2.01. The van der Waals surface area contributed by atoms with Crippen LogP contribution in [0.3, 0.4) is 0 Å². The third-order valence-corrected chi connectivity index (χ3v) is 3.11. The fourth-order valence-electron chi connectivity index (χ4n) is 1.82. The van der Waals surface area contributed by atoms with Gasteiger partial charge in [0.15, 0.2) is 11.6 Å². The zero-order valence-corrected chi connectivity index (χ0v) is 11.3. The molecule has 0 amide bonds. The van der Waals surface area contributed by atoms with Crippen molar-refractivity contribution in [1.29, 1.82) is 0 Å². The van der Waals surface area contributed by atoms with Gasteiger partial charge >= 0.3 is 0 Å². The Morgan fingerprint density at radius 1 is 1.19 bits per heavy atom. The molecule has 3 aromatic rings. The van der Waals surface area contributed by atoms with E-state index in [0.29, 0.717) is 21.8 Å². The lowest BCUT2D eigenvalue weighted by Gasteiger charge is -2.00. The molecule has 7 heteroatoms. The van der Waals surface area contributed by atoms with Gasteiger partial charge in [-0.05, 0) is 36.4 Å². The van der Waals surface area contributed by atoms with Gasteiger partial charge < -0.3 is 15.4 Å². The first-order chi connectivity index (χ1) is 10.0. The first-order valence-corrected chi connectivity index (χ1v) is 6.30. The Bertz CT molecular complexity index is 820. The third-order valence-electron chi connectivity index (χ3n) is 2.88. The summed E-state index contributed by atoms with van der Waals surface area (Å²) in [6.07, 6.45) is 0. The lowest BCUT2D eigenvalue weighted by atomic mass is 10.1. The lowest BCUT2D eigenvalue weighted by Crippen LogP contribution is -1.90. The molecule has 0 saturated heterocycles. The highest BCUT2D eigenvalue weighted by atomic mass is 35.5. The molecule has 0 unspecified atom stereocenters. The monoisotopic (exact) mass is 305 g/mol. The van der Waals surface area contributed by atoms with Crippen molar-refractivity contribution in [2.24, 2.45) is 0 Å². The second kappa shape index (κ2) is 5.06. The zero-order valence-electron chi connectivity index (χ0n) is 10.5. The Morgan fingerprint density at radius 3 is 2.71 bits per heavy atom. The van der Waals surface area contributed by atoms with E-state index in [1.54, 1.807) is 18.2 Å². The maximum absolute atomic E-state index is 13.3. The fourth-order valence-corrected chi connectivity index (χ4v) is 2.01. The molecule has 106 valence electrons. The predicted octanol–water partition coefficient (Wildman–Crippen LogP) is 3.48. The normalized spacial score (nSPS) is 10.8. The van der Waals surface area contributed by atoms with Crippen molar-refractivity contribution in [2.75, 3.05) is 5.73 Å². The number of anilines is 1. The quantitative estimate of drug-likeness (QED) is 0.708. The molecule has 0 aliphatic heterocycles. The minimum absolute atomic E-state index is 0.193. The average molecular weight is 306 g/mol. The highest BCUT2D eigenvalue weighted by Gasteiger charge is 2.14. The van der Waals surface area contributed by atoms with Gasteiger partial charge in [0, 0.05) is 16.3 Å². The summed E-state index contributed by atoms with van der Waals surface area (Å²) in [4.78, 5) is 4.16. The first kappa shape index (κ1) is 13.4. The molecule has 5 nitrogen and oxygen atoms in total. The largest absolute Gasteiger partial charge is 0.505 e. The van der Waals surface area contributed by atoms with Crippen molar-refractivity contribution < 1.29 is 14.0 Å². The molecule has 3 rings (SSSR count). The summed E-state index contributed by atoms with van der Waals surface area (Å²) in [7, 11) is 0. The van der Waals surface area contributed by atoms with Crippen LogP contribution in [0.1, 0.15) is 0 Å². The van der Waals surface area contributed by atoms with Gasteiger partial charge in [0.05, 0.1) is 5.56 Å². The molecule has 0 saturated carbocycles. The Hall–Kier alpha value is -2.60. The van der Waals surface area contributed by atoms with E-state index in [9.17, 15) is 4.39 Å². The van der Waals surface area contributed by atoms with Gasteiger partial charge in [-0.15, -0.1) is 0 Å². The fraction of sp³-hybridized carbons (Fsp3) is 0. The Kier molecular flexibility index (Phi) is 3.23. The number of hydrogen-bond donors (Lipinski definition) is 2. The van der Waals surface area contributed by atoms with Crippen LogP contribution in [0.5, 0.6) is 5.75 Å². The zero-order chi connectivity index (χ0) is 15.0. The van der Waals surface area contributed by atoms with Crippen molar-refractivity contribution in [3.8, 4) is 28.6 Å². The second-order valence-electron chi connectivity index (χ2n) is 4.32. The number of phenolic OH excluding ortho intramolecular Hbond substituents is 1. The number of hydrogen-bond acceptors (Lipinski definition) is 5. The van der Waals surface area contributed by atoms with E-state index >= 15 is 0 Å². The molecule has 1 aromatic heterocycles. The van der Waals surface area contributed by atoms with Crippen LogP contribution in [0.2, 0.25) is 5.02 Å². The van der Waals surface area contributed by atoms with Gasteiger partial charge in [-0.2, -0.15) is 4.98 Å². The highest BCUT2D eigenvalue weighted by Crippen LogP contribution is 2.29. The van der Waals surface area contributed by atoms with Crippen LogP contribution < -0.4 is 5.73 Å². The van der Waals surface area contributed by atoms with Gasteiger partial charge in [0.25, 0.3) is 5.89 Å². The minimum Gasteiger partial charge on any atom is -0.505 e. The molecule has 0 fully saturated rings. The topological polar surface area (TPSA) is 85.2 Å². The molecule has 1 heterocycles. The molecule has 3 N–H and O–H groups in total. The molecular formula is C14H9ClFN3O2. The van der Waals surface area contributed by atoms with Gasteiger partial charge in [0.2, 0.25) is 5.82 Å². The summed E-state index contributed by atoms with van der Waals surface area (Å²) in [6.45, 7) is 0. The molecule has 0 spiro atoms. The van der Waals surface area contributed by atoms with E-state index in [1.807, 2.05) is 0 Å². The van der Waals surface area contributed by atoms with Crippen molar-refractivity contribution in [3.63, 3.8) is 0 Å². The molecular weight excluding hydrogens is 297 g/mol. The Labute approximate surface area is 123 Å². The number of aromatic hydroxyl groups is 1. The molecule has 0 aliphatic carbocycles. The van der Waals surface area contributed by atoms with Crippen LogP contribution in [0.15, 0.2) is 40.9 Å². The van der Waals surface area contributed by atoms with Crippen LogP contribution in [0, 0.1) is 5.82 Å². The smallest absolute Gasteiger partial charge is 0.260 e. The van der Waals surface area contributed by atoms with Crippen LogP contribution >= 0.6 is 11.6 Å². The molecule has 21 heavy (non-hydrogen) atoms. The van der Waals surface area contributed by atoms with E-state index in [2.05, 4.69) is 10.1 Å². The van der Waals surface area contributed by atoms with Crippen molar-refractivity contribution in [1.82, 2.24) is 10.1 Å². The third kappa shape index (κ3) is 2.53. The van der Waals surface area contributed by atoms with E-state index in [-0.39, 0.29) is 11.7 Å². The number of rotatable bonds is 2. The van der Waals surface area contributed by atoms with Crippen LogP contribution in [-0.2, 0) is 0 Å². The minimum atomic E-state index is -0.759. The number of nitrogens with zero attached hydrogens (tertiary/aromatic N) is 2. The molecule has 0 radical (unpaired) electrons. The van der Waals surface area contributed by atoms with Crippen molar-refractivity contribution in [3.05, 3.63) is 47.2 Å². The number of phenols is 1. The van der Waals surface area contributed by atoms with Gasteiger partial charge in [0.1, 0.15) is 0 Å². The van der Waals surface area contributed by atoms with Gasteiger partial charge in [-0.1, -0.05) is 16.8 Å². The SMILES string of the molecule is Nc1cc(Cl)ccc1-c1nc(-c2ccc(O)c(F)c2)no1. The van der Waals surface area contributed by atoms with Crippen molar-refractivity contribution >= 4 is 17.3 Å². The number of aromatic nitrogens is 2. The molecule has 2 aromatic carbocycles. The summed E-state index contributed by atoms with van der Waals surface area (Å²) < 4.78 is 18.5. The van der Waals surface area contributed by atoms with Crippen LogP contribution in [0.4, 0.5) is 10.1 Å². The van der Waals surface area contributed by atoms with E-state index in [4.69, 9.17) is 27.0 Å². The predicted molar refractivity (Wildman–Crippen MR) is 76.2 cm³/mol. The number of benzene rings is 2. The van der Waals surface area contributed by atoms with E-state index < -0.39 is 11.6 Å². The summed E-state index contributed by atoms with van der Waals surface area (Å²) >= 11 is 5.83. The first-order valence-electron chi connectivity index (χ1n) is 5.92. The average Bonchev–Trinajstić information content (AvgIpc) is 2.91. The maximum atomic E-state index is 13.3. The lowest BCUT2D eigenvalue weighted by molar-refractivity contribution is 0.430. The Morgan fingerprint density at radius 2 is 2.00 bits per heavy atom. The van der Waals surface area contributed by atoms with E-state index in [1.165, 1.54) is 12.1 Å². The summed E-state index contributed by atoms with van der Waals surface area (Å²) in [5.41, 5.74) is 7.16. The maximum Gasteiger partial charge on any atom is 0.260 e. The molecule has 0 bridgehead atoms. The molecule has 0 atom stereocenters. The summed E-state index contributed by atoms with van der Waals surface area (Å²) in [6, 6.07) is 8.70. The van der Waals surface area contributed by atoms with Crippen LogP contribution in [-0.4, -0.2) is 15.2 Å². The summed E-state index contributed by atoms with van der Waals surface area (Å²) in [5.74, 6) is -0.805. The van der Waals surface area contributed by atoms with E-state index in [0.717, 1.165) is 6.07 Å². The standard InChI is InChI=1S/C14H9ClFN3O2/c15-8-2-3-9(11(17)6-8)14-18-13(19-21-14)7-1-4-12(20)10(16)5-7/h1-6,20H,17H2. The van der Waals surface area contributed by atoms with Gasteiger partial charge in [-0.3, -0.25) is 0 Å². The number of nitrogen functional groups attached to an aromatic ring is 1. The number of halogens is 2. The highest BCUT2D eigenvalue weighted by molar-refractivity contribution is 6.31. The molecule has 0 aliphatic rings. The second-order valence-corrected chi connectivity index (χ2v) is 4.76. The van der Waals surface area contributed by atoms with Gasteiger partial charge in [-0.25, -0.2) is 4.39 Å². The van der Waals surface area contributed by atoms with Crippen molar-refractivity contribution in [2.45, 2.75) is 0 Å². The van der Waals surface area contributed by atoms with Crippen LogP contribution in [0.25, 0.3) is 22.8 Å². The summed E-state index contributed by atoms with van der Waals surface area (Å²) in [5, 5.41) is 13.4. The number of nitrogens with two attached hydrogens (primary N) is 1.